The van der Waals surface area contributed by atoms with Crippen molar-refractivity contribution >= 4 is 26.9 Å². The van der Waals surface area contributed by atoms with Crippen LogP contribution in [0.1, 0.15) is 18.7 Å². The SMILES string of the molecule is Cn1c(=O)oc2ccc(S(=O)(=O)NCc3nccc(N4CCCC4)n3)cc21. The van der Waals surface area contributed by atoms with Crippen molar-refractivity contribution in [3.8, 4) is 0 Å². The van der Waals surface area contributed by atoms with Crippen LogP contribution in [0.3, 0.4) is 0 Å². The Morgan fingerprint density at radius 3 is 2.78 bits per heavy atom. The highest BCUT2D eigenvalue weighted by Gasteiger charge is 2.18. The molecule has 1 fully saturated rings. The maximum absolute atomic E-state index is 12.6. The Hall–Kier alpha value is -2.72. The molecule has 0 amide bonds. The van der Waals surface area contributed by atoms with E-state index in [9.17, 15) is 13.2 Å². The molecular weight excluding hydrogens is 370 g/mol. The molecule has 3 aromatic rings. The quantitative estimate of drug-likeness (QED) is 0.693. The van der Waals surface area contributed by atoms with Gasteiger partial charge in [0, 0.05) is 26.3 Å². The molecule has 0 atom stereocenters. The summed E-state index contributed by atoms with van der Waals surface area (Å²) in [7, 11) is -2.27. The van der Waals surface area contributed by atoms with Crippen LogP contribution in [-0.4, -0.2) is 36.0 Å². The van der Waals surface area contributed by atoms with Gasteiger partial charge in [-0.25, -0.2) is 27.9 Å². The molecule has 1 aliphatic heterocycles. The zero-order chi connectivity index (χ0) is 19.0. The van der Waals surface area contributed by atoms with Crippen molar-refractivity contribution < 1.29 is 12.8 Å². The molecule has 1 N–H and O–H groups in total. The van der Waals surface area contributed by atoms with E-state index in [0.717, 1.165) is 31.7 Å². The summed E-state index contributed by atoms with van der Waals surface area (Å²) in [6.07, 6.45) is 3.90. The summed E-state index contributed by atoms with van der Waals surface area (Å²) in [4.78, 5) is 22.4. The second-order valence-electron chi connectivity index (χ2n) is 6.41. The molecule has 3 heterocycles. The number of oxazole rings is 1. The summed E-state index contributed by atoms with van der Waals surface area (Å²) in [5, 5.41) is 0. The van der Waals surface area contributed by atoms with Gasteiger partial charge < -0.3 is 9.32 Å². The minimum atomic E-state index is -3.79. The molecule has 4 rings (SSSR count). The molecule has 0 spiro atoms. The monoisotopic (exact) mass is 389 g/mol. The molecule has 0 radical (unpaired) electrons. The number of sulfonamides is 1. The zero-order valence-electron chi connectivity index (χ0n) is 14.8. The summed E-state index contributed by atoms with van der Waals surface area (Å²) in [5.74, 6) is 0.672. The molecule has 2 aromatic heterocycles. The summed E-state index contributed by atoms with van der Waals surface area (Å²) >= 11 is 0. The molecule has 1 aromatic carbocycles. The highest BCUT2D eigenvalue weighted by Crippen LogP contribution is 2.19. The van der Waals surface area contributed by atoms with E-state index in [2.05, 4.69) is 19.6 Å². The lowest BCUT2D eigenvalue weighted by atomic mass is 10.3. The number of benzene rings is 1. The molecule has 27 heavy (non-hydrogen) atoms. The lowest BCUT2D eigenvalue weighted by Gasteiger charge is -2.16. The fourth-order valence-electron chi connectivity index (χ4n) is 3.11. The molecule has 0 bridgehead atoms. The minimum absolute atomic E-state index is 0.0215. The molecule has 1 aliphatic rings. The van der Waals surface area contributed by atoms with Crippen molar-refractivity contribution in [2.45, 2.75) is 24.3 Å². The van der Waals surface area contributed by atoms with Crippen molar-refractivity contribution in [3.63, 3.8) is 0 Å². The number of hydrogen-bond donors (Lipinski definition) is 1. The maximum atomic E-state index is 12.6. The molecule has 0 aliphatic carbocycles. The first kappa shape index (κ1) is 17.7. The molecule has 1 saturated heterocycles. The van der Waals surface area contributed by atoms with Gasteiger partial charge in [-0.1, -0.05) is 0 Å². The van der Waals surface area contributed by atoms with Crippen molar-refractivity contribution in [2.75, 3.05) is 18.0 Å². The molecular formula is C17H19N5O4S. The van der Waals surface area contributed by atoms with E-state index in [0.29, 0.717) is 16.9 Å². The van der Waals surface area contributed by atoms with Crippen LogP contribution in [0, 0.1) is 0 Å². The van der Waals surface area contributed by atoms with Gasteiger partial charge in [0.15, 0.2) is 5.58 Å². The number of anilines is 1. The Morgan fingerprint density at radius 1 is 1.22 bits per heavy atom. The average molecular weight is 389 g/mol. The smallest absolute Gasteiger partial charge is 0.408 e. The van der Waals surface area contributed by atoms with Crippen LogP contribution in [-0.2, 0) is 23.6 Å². The number of nitrogens with one attached hydrogen (secondary N) is 1. The molecule has 0 unspecified atom stereocenters. The van der Waals surface area contributed by atoms with E-state index < -0.39 is 15.8 Å². The summed E-state index contributed by atoms with van der Waals surface area (Å²) in [6.45, 7) is 1.88. The molecule has 0 saturated carbocycles. The third-order valence-electron chi connectivity index (χ3n) is 4.61. The summed E-state index contributed by atoms with van der Waals surface area (Å²) in [5.41, 5.74) is 0.748. The van der Waals surface area contributed by atoms with Gasteiger partial charge in [-0.3, -0.25) is 4.57 Å². The van der Waals surface area contributed by atoms with Crippen molar-refractivity contribution in [1.82, 2.24) is 19.3 Å². The second-order valence-corrected chi connectivity index (χ2v) is 8.17. The van der Waals surface area contributed by atoms with E-state index in [-0.39, 0.29) is 11.4 Å². The first-order valence-electron chi connectivity index (χ1n) is 8.60. The van der Waals surface area contributed by atoms with Gasteiger partial charge in [0.25, 0.3) is 0 Å². The Balaban J connectivity index is 1.54. The third-order valence-corrected chi connectivity index (χ3v) is 6.01. The number of aryl methyl sites for hydroxylation is 1. The fraction of sp³-hybridized carbons (Fsp3) is 0.353. The van der Waals surface area contributed by atoms with Gasteiger partial charge in [0.05, 0.1) is 17.0 Å². The number of rotatable bonds is 5. The van der Waals surface area contributed by atoms with Crippen LogP contribution in [0.25, 0.3) is 11.1 Å². The molecule has 10 heteroatoms. The van der Waals surface area contributed by atoms with Crippen molar-refractivity contribution in [2.24, 2.45) is 7.05 Å². The topological polar surface area (TPSA) is 110 Å². The predicted octanol–water partition coefficient (Wildman–Crippen LogP) is 1.00. The van der Waals surface area contributed by atoms with Crippen LogP contribution in [0.5, 0.6) is 0 Å². The van der Waals surface area contributed by atoms with Gasteiger partial charge in [-0.2, -0.15) is 0 Å². The van der Waals surface area contributed by atoms with Gasteiger partial charge in [-0.05, 0) is 37.1 Å². The number of fused-ring (bicyclic) bond motifs is 1. The number of aromatic nitrogens is 3. The standard InChI is InChI=1S/C17H19N5O4S/c1-21-13-10-12(4-5-14(13)26-17(21)23)27(24,25)19-11-15-18-7-6-16(20-15)22-8-2-3-9-22/h4-7,10,19H,2-3,8-9,11H2,1H3. The molecule has 9 nitrogen and oxygen atoms in total. The van der Waals surface area contributed by atoms with E-state index in [4.69, 9.17) is 4.42 Å². The highest BCUT2D eigenvalue weighted by molar-refractivity contribution is 7.89. The average Bonchev–Trinajstić information content (AvgIpc) is 3.29. The lowest BCUT2D eigenvalue weighted by molar-refractivity contribution is 0.528. The van der Waals surface area contributed by atoms with Crippen LogP contribution >= 0.6 is 0 Å². The van der Waals surface area contributed by atoms with Crippen LogP contribution < -0.4 is 15.4 Å². The Bertz CT molecular complexity index is 1150. The Labute approximate surface area is 155 Å². The lowest BCUT2D eigenvalue weighted by Crippen LogP contribution is -2.25. The van der Waals surface area contributed by atoms with Crippen LogP contribution in [0.4, 0.5) is 5.82 Å². The zero-order valence-corrected chi connectivity index (χ0v) is 15.6. The van der Waals surface area contributed by atoms with Gasteiger partial charge in [-0.15, -0.1) is 0 Å². The van der Waals surface area contributed by atoms with Crippen LogP contribution in [0.15, 0.2) is 44.6 Å². The van der Waals surface area contributed by atoms with Crippen molar-refractivity contribution in [3.05, 3.63) is 46.8 Å². The normalized spacial score (nSPS) is 14.9. The second kappa shape index (κ2) is 6.78. The first-order chi connectivity index (χ1) is 12.9. The fourth-order valence-corrected chi connectivity index (χ4v) is 4.11. The Morgan fingerprint density at radius 2 is 2.00 bits per heavy atom. The van der Waals surface area contributed by atoms with E-state index in [1.807, 2.05) is 6.07 Å². The van der Waals surface area contributed by atoms with E-state index in [1.165, 1.54) is 29.8 Å². The number of nitrogens with zero attached hydrogens (tertiary/aromatic N) is 4. The highest BCUT2D eigenvalue weighted by atomic mass is 32.2. The first-order valence-corrected chi connectivity index (χ1v) is 10.1. The van der Waals surface area contributed by atoms with Crippen LogP contribution in [0.2, 0.25) is 0 Å². The third kappa shape index (κ3) is 3.45. The van der Waals surface area contributed by atoms with E-state index >= 15 is 0 Å². The maximum Gasteiger partial charge on any atom is 0.419 e. The minimum Gasteiger partial charge on any atom is -0.408 e. The van der Waals surface area contributed by atoms with Gasteiger partial charge in [0.1, 0.15) is 11.6 Å². The van der Waals surface area contributed by atoms with Gasteiger partial charge >= 0.3 is 5.76 Å². The summed E-state index contributed by atoms with van der Waals surface area (Å²) in [6, 6.07) is 6.10. The Kier molecular flexibility index (Phi) is 4.44. The van der Waals surface area contributed by atoms with Gasteiger partial charge in [0.2, 0.25) is 10.0 Å². The summed E-state index contributed by atoms with van der Waals surface area (Å²) < 4.78 is 34.0. The molecule has 142 valence electrons. The largest absolute Gasteiger partial charge is 0.419 e. The van der Waals surface area contributed by atoms with Crippen molar-refractivity contribution in [1.29, 1.82) is 0 Å². The number of hydrogen-bond acceptors (Lipinski definition) is 7. The predicted molar refractivity (Wildman–Crippen MR) is 99.0 cm³/mol. The van der Waals surface area contributed by atoms with E-state index in [1.54, 1.807) is 6.20 Å².